The lowest BCUT2D eigenvalue weighted by Gasteiger charge is -2.01. The first-order valence-corrected chi connectivity index (χ1v) is 9.40. The molecule has 0 unspecified atom stereocenters. The van der Waals surface area contributed by atoms with Gasteiger partial charge in [-0.1, -0.05) is 30.3 Å². The molecule has 2 heterocycles. The molecule has 30 heavy (non-hydrogen) atoms. The van der Waals surface area contributed by atoms with E-state index < -0.39 is 0 Å². The number of nitrogens with zero attached hydrogens (tertiary/aromatic N) is 4. The number of carbonyl (C=O) groups is 1. The van der Waals surface area contributed by atoms with Crippen molar-refractivity contribution in [2.75, 3.05) is 5.73 Å². The van der Waals surface area contributed by atoms with Crippen LogP contribution < -0.4 is 11.2 Å². The highest BCUT2D eigenvalue weighted by Gasteiger charge is 2.11. The van der Waals surface area contributed by atoms with Gasteiger partial charge in [0, 0.05) is 41.0 Å². The lowest BCUT2D eigenvalue weighted by Crippen LogP contribution is -2.17. The molecule has 4 rings (SSSR count). The molecule has 0 bridgehead atoms. The molecule has 0 aliphatic carbocycles. The molecule has 0 saturated carbocycles. The Hall–Kier alpha value is -4.26. The van der Waals surface area contributed by atoms with E-state index in [0.29, 0.717) is 17.8 Å². The fraction of sp³-hybridized carbons (Fsp3) is 0.0435. The van der Waals surface area contributed by atoms with Crippen molar-refractivity contribution in [3.05, 3.63) is 102 Å². The van der Waals surface area contributed by atoms with Gasteiger partial charge >= 0.3 is 0 Å². The average molecular weight is 396 g/mol. The van der Waals surface area contributed by atoms with Crippen LogP contribution in [0.4, 0.5) is 5.69 Å². The summed E-state index contributed by atoms with van der Waals surface area (Å²) in [4.78, 5) is 16.4. The van der Waals surface area contributed by atoms with E-state index in [1.54, 1.807) is 42.9 Å². The molecule has 0 saturated heterocycles. The van der Waals surface area contributed by atoms with Crippen LogP contribution in [0.3, 0.4) is 0 Å². The van der Waals surface area contributed by atoms with Crippen molar-refractivity contribution in [3.63, 3.8) is 0 Å². The van der Waals surface area contributed by atoms with Crippen LogP contribution in [0, 0.1) is 0 Å². The summed E-state index contributed by atoms with van der Waals surface area (Å²) >= 11 is 0. The van der Waals surface area contributed by atoms with Gasteiger partial charge in [0.15, 0.2) is 0 Å². The average Bonchev–Trinajstić information content (AvgIpc) is 3.18. The Morgan fingerprint density at radius 2 is 1.87 bits per heavy atom. The Morgan fingerprint density at radius 1 is 1.07 bits per heavy atom. The largest absolute Gasteiger partial charge is 0.399 e. The Bertz CT molecular complexity index is 1150. The quantitative estimate of drug-likeness (QED) is 0.297. The smallest absolute Gasteiger partial charge is 0.271 e. The van der Waals surface area contributed by atoms with Crippen molar-refractivity contribution >= 4 is 17.8 Å². The van der Waals surface area contributed by atoms with E-state index in [1.165, 1.54) is 0 Å². The van der Waals surface area contributed by atoms with Crippen LogP contribution in [0.1, 0.15) is 21.5 Å². The zero-order valence-corrected chi connectivity index (χ0v) is 16.1. The highest BCUT2D eigenvalue weighted by Crippen LogP contribution is 2.20. The van der Waals surface area contributed by atoms with Gasteiger partial charge in [0.2, 0.25) is 0 Å². The number of hydrazone groups is 1. The van der Waals surface area contributed by atoms with Gasteiger partial charge in [-0.15, -0.1) is 0 Å². The first-order chi connectivity index (χ1) is 14.7. The predicted molar refractivity (Wildman–Crippen MR) is 117 cm³/mol. The standard InChI is InChI=1S/C23H20N6O/c24-21-10-8-18(9-11-21)23(30)27-26-14-20-16-29(15-17-5-2-1-3-6-17)28-22(20)19-7-4-12-25-13-19/h1-14,16H,15,24H2,(H,27,30)/b26-14-. The number of benzene rings is 2. The summed E-state index contributed by atoms with van der Waals surface area (Å²) < 4.78 is 1.85. The topological polar surface area (TPSA) is 98.2 Å². The number of carbonyl (C=O) groups excluding carboxylic acids is 1. The third-order valence-corrected chi connectivity index (χ3v) is 4.45. The number of rotatable bonds is 6. The molecule has 4 aromatic rings. The number of aromatic nitrogens is 3. The maximum atomic E-state index is 12.3. The van der Waals surface area contributed by atoms with Gasteiger partial charge in [-0.2, -0.15) is 10.2 Å². The highest BCUT2D eigenvalue weighted by atomic mass is 16.2. The summed E-state index contributed by atoms with van der Waals surface area (Å²) in [7, 11) is 0. The van der Waals surface area contributed by atoms with E-state index in [1.807, 2.05) is 53.3 Å². The molecule has 0 aliphatic rings. The number of hydrogen-bond donors (Lipinski definition) is 2. The monoisotopic (exact) mass is 396 g/mol. The van der Waals surface area contributed by atoms with Crippen molar-refractivity contribution in [1.82, 2.24) is 20.2 Å². The van der Waals surface area contributed by atoms with Crippen molar-refractivity contribution in [2.45, 2.75) is 6.54 Å². The normalized spacial score (nSPS) is 10.9. The minimum atomic E-state index is -0.314. The molecule has 2 aromatic heterocycles. The molecule has 7 nitrogen and oxygen atoms in total. The van der Waals surface area contributed by atoms with Crippen LogP contribution in [-0.2, 0) is 6.54 Å². The summed E-state index contributed by atoms with van der Waals surface area (Å²) in [6, 6.07) is 20.5. The number of hydrogen-bond acceptors (Lipinski definition) is 5. The Balaban J connectivity index is 1.56. The molecular weight excluding hydrogens is 376 g/mol. The highest BCUT2D eigenvalue weighted by molar-refractivity contribution is 5.95. The predicted octanol–water partition coefficient (Wildman–Crippen LogP) is 3.34. The zero-order chi connectivity index (χ0) is 20.8. The number of anilines is 1. The van der Waals surface area contributed by atoms with Crippen LogP contribution in [0.15, 0.2) is 90.4 Å². The van der Waals surface area contributed by atoms with Crippen LogP contribution >= 0.6 is 0 Å². The molecule has 7 heteroatoms. The molecule has 0 radical (unpaired) electrons. The fourth-order valence-corrected chi connectivity index (χ4v) is 2.97. The number of pyridine rings is 1. The van der Waals surface area contributed by atoms with Crippen molar-refractivity contribution < 1.29 is 4.79 Å². The van der Waals surface area contributed by atoms with E-state index in [4.69, 9.17) is 10.8 Å². The Kier molecular flexibility index (Phi) is 5.61. The van der Waals surface area contributed by atoms with Crippen LogP contribution in [0.25, 0.3) is 11.3 Å². The number of amides is 1. The molecule has 0 fully saturated rings. The van der Waals surface area contributed by atoms with Gasteiger partial charge in [0.25, 0.3) is 5.91 Å². The minimum Gasteiger partial charge on any atom is -0.399 e. The summed E-state index contributed by atoms with van der Waals surface area (Å²) in [5, 5.41) is 8.82. The van der Waals surface area contributed by atoms with Gasteiger partial charge in [0.05, 0.1) is 12.8 Å². The van der Waals surface area contributed by atoms with Crippen molar-refractivity contribution in [2.24, 2.45) is 5.10 Å². The SMILES string of the molecule is Nc1ccc(C(=O)N/N=C\c2cn(Cc3ccccc3)nc2-c2cccnc2)cc1. The van der Waals surface area contributed by atoms with E-state index >= 15 is 0 Å². The van der Waals surface area contributed by atoms with Crippen molar-refractivity contribution in [1.29, 1.82) is 0 Å². The fourth-order valence-electron chi connectivity index (χ4n) is 2.97. The van der Waals surface area contributed by atoms with Gasteiger partial charge in [-0.3, -0.25) is 14.5 Å². The van der Waals surface area contributed by atoms with E-state index in [2.05, 4.69) is 15.5 Å². The molecule has 0 aliphatic heterocycles. The zero-order valence-electron chi connectivity index (χ0n) is 16.1. The molecule has 2 aromatic carbocycles. The summed E-state index contributed by atoms with van der Waals surface area (Å²) in [6.07, 6.45) is 6.95. The lowest BCUT2D eigenvalue weighted by atomic mass is 10.1. The summed E-state index contributed by atoms with van der Waals surface area (Å²) in [5.41, 5.74) is 12.8. The van der Waals surface area contributed by atoms with E-state index in [9.17, 15) is 4.79 Å². The van der Waals surface area contributed by atoms with Crippen LogP contribution in [0.5, 0.6) is 0 Å². The second-order valence-corrected chi connectivity index (χ2v) is 6.68. The number of nitrogen functional groups attached to an aromatic ring is 1. The van der Waals surface area contributed by atoms with E-state index in [0.717, 1.165) is 22.4 Å². The Labute approximate surface area is 173 Å². The molecular formula is C23H20N6O. The van der Waals surface area contributed by atoms with Crippen molar-refractivity contribution in [3.8, 4) is 11.3 Å². The second-order valence-electron chi connectivity index (χ2n) is 6.68. The van der Waals surface area contributed by atoms with Gasteiger partial charge < -0.3 is 5.73 Å². The summed E-state index contributed by atoms with van der Waals surface area (Å²) in [6.45, 7) is 0.625. The maximum Gasteiger partial charge on any atom is 0.271 e. The Morgan fingerprint density at radius 3 is 2.60 bits per heavy atom. The van der Waals surface area contributed by atoms with Gasteiger partial charge in [-0.05, 0) is 42.0 Å². The third-order valence-electron chi connectivity index (χ3n) is 4.45. The molecule has 0 atom stereocenters. The van der Waals surface area contributed by atoms with Gasteiger partial charge in [0.1, 0.15) is 5.69 Å². The minimum absolute atomic E-state index is 0.314. The number of nitrogens with one attached hydrogen (secondary N) is 1. The lowest BCUT2D eigenvalue weighted by molar-refractivity contribution is 0.0955. The first-order valence-electron chi connectivity index (χ1n) is 9.40. The van der Waals surface area contributed by atoms with Gasteiger partial charge in [-0.25, -0.2) is 5.43 Å². The maximum absolute atomic E-state index is 12.3. The molecule has 1 amide bonds. The molecule has 0 spiro atoms. The molecule has 3 N–H and O–H groups in total. The summed E-state index contributed by atoms with van der Waals surface area (Å²) in [5.74, 6) is -0.314. The van der Waals surface area contributed by atoms with E-state index in [-0.39, 0.29) is 5.91 Å². The number of nitrogens with two attached hydrogens (primary N) is 1. The second kappa shape index (κ2) is 8.83. The molecule has 148 valence electrons. The third kappa shape index (κ3) is 4.59. The van der Waals surface area contributed by atoms with Crippen LogP contribution in [0.2, 0.25) is 0 Å². The van der Waals surface area contributed by atoms with Crippen LogP contribution in [-0.4, -0.2) is 26.9 Å². The first kappa shape index (κ1) is 19.1.